The third-order valence-electron chi connectivity index (χ3n) is 4.95. The van der Waals surface area contributed by atoms with Crippen molar-refractivity contribution in [2.75, 3.05) is 5.32 Å². The Hall–Kier alpha value is -3.90. The van der Waals surface area contributed by atoms with E-state index in [2.05, 4.69) is 22.4 Å². The van der Waals surface area contributed by atoms with Crippen molar-refractivity contribution < 1.29 is 17.6 Å². The molecular weight excluding hydrogens is 451 g/mol. The number of anilines is 1. The number of nitriles is 1. The molecule has 0 aliphatic rings. The Morgan fingerprint density at radius 1 is 1.18 bits per heavy atom. The Labute approximate surface area is 190 Å². The van der Waals surface area contributed by atoms with Crippen LogP contribution in [0.15, 0.2) is 63.3 Å². The first-order valence-corrected chi connectivity index (χ1v) is 10.6. The minimum atomic E-state index is -4.69. The van der Waals surface area contributed by atoms with E-state index in [4.69, 9.17) is 4.42 Å². The van der Waals surface area contributed by atoms with Gasteiger partial charge in [0.25, 0.3) is 0 Å². The number of rotatable bonds is 4. The van der Waals surface area contributed by atoms with Gasteiger partial charge in [-0.3, -0.25) is 0 Å². The highest BCUT2D eigenvalue weighted by molar-refractivity contribution is 7.11. The van der Waals surface area contributed by atoms with Crippen LogP contribution in [0, 0.1) is 25.2 Å². The summed E-state index contributed by atoms with van der Waals surface area (Å²) in [6.07, 6.45) is -3.27. The molecule has 0 aliphatic carbocycles. The van der Waals surface area contributed by atoms with Crippen LogP contribution in [0.4, 0.5) is 18.9 Å². The van der Waals surface area contributed by atoms with Gasteiger partial charge in [-0.2, -0.15) is 18.4 Å². The quantitative estimate of drug-likeness (QED) is 0.273. The second-order valence-electron chi connectivity index (χ2n) is 7.36. The third kappa shape index (κ3) is 4.66. The van der Waals surface area contributed by atoms with Gasteiger partial charge in [-0.05, 0) is 31.5 Å². The zero-order chi connectivity index (χ0) is 23.8. The molecule has 0 bridgehead atoms. The molecule has 0 spiro atoms. The predicted molar refractivity (Wildman–Crippen MR) is 122 cm³/mol. The first-order valence-electron chi connectivity index (χ1n) is 9.71. The van der Waals surface area contributed by atoms with Crippen molar-refractivity contribution in [3.8, 4) is 17.3 Å². The van der Waals surface area contributed by atoms with Crippen molar-refractivity contribution >= 4 is 33.6 Å². The number of halogens is 3. The van der Waals surface area contributed by atoms with Crippen molar-refractivity contribution in [2.24, 2.45) is 0 Å². The predicted octanol–water partition coefficient (Wildman–Crippen LogP) is 6.53. The Morgan fingerprint density at radius 3 is 2.67 bits per heavy atom. The maximum absolute atomic E-state index is 13.2. The molecule has 9 heteroatoms. The van der Waals surface area contributed by atoms with E-state index in [1.807, 2.05) is 31.4 Å². The summed E-state index contributed by atoms with van der Waals surface area (Å²) in [5.41, 5.74) is 2.17. The lowest BCUT2D eigenvalue weighted by molar-refractivity contribution is -0.136. The zero-order valence-corrected chi connectivity index (χ0v) is 18.3. The molecule has 0 amide bonds. The fraction of sp³-hybridized carbons (Fsp3) is 0.125. The lowest BCUT2D eigenvalue weighted by atomic mass is 10.0. The summed E-state index contributed by atoms with van der Waals surface area (Å²) in [6, 6.07) is 12.4. The van der Waals surface area contributed by atoms with Crippen LogP contribution >= 0.6 is 11.3 Å². The van der Waals surface area contributed by atoms with E-state index in [0.29, 0.717) is 16.8 Å². The number of benzene rings is 2. The first kappa shape index (κ1) is 22.3. The molecule has 5 nitrogen and oxygen atoms in total. The molecule has 166 valence electrons. The van der Waals surface area contributed by atoms with Gasteiger partial charge in [0.1, 0.15) is 22.2 Å². The number of fused-ring (bicyclic) bond motifs is 1. The van der Waals surface area contributed by atoms with Crippen molar-refractivity contribution in [3.05, 3.63) is 86.2 Å². The van der Waals surface area contributed by atoms with E-state index in [-0.39, 0.29) is 16.5 Å². The molecule has 0 saturated carbocycles. The standard InChI is InChI=1S/C24H16F3N3O2S/c1-13-3-5-17(14(2)7-13)20-12-33-23(30-20)15(10-28)11-29-16-4-6-18-19(24(25,26)27)9-22(31)32-21(18)8-16/h3-9,11-12,29H,1-2H3/b15-11+. The van der Waals surface area contributed by atoms with E-state index in [9.17, 15) is 23.2 Å². The van der Waals surface area contributed by atoms with Crippen molar-refractivity contribution in [1.82, 2.24) is 4.98 Å². The third-order valence-corrected chi connectivity index (χ3v) is 5.82. The number of aryl methyl sites for hydroxylation is 2. The molecule has 0 fully saturated rings. The van der Waals surface area contributed by atoms with E-state index >= 15 is 0 Å². The molecule has 0 unspecified atom stereocenters. The molecule has 0 saturated heterocycles. The second kappa shape index (κ2) is 8.56. The minimum Gasteiger partial charge on any atom is -0.423 e. The summed E-state index contributed by atoms with van der Waals surface area (Å²) >= 11 is 1.31. The molecule has 0 radical (unpaired) electrons. The molecule has 2 aromatic heterocycles. The van der Waals surface area contributed by atoms with Gasteiger partial charge in [-0.15, -0.1) is 11.3 Å². The largest absolute Gasteiger partial charge is 0.423 e. The number of hydrogen-bond donors (Lipinski definition) is 1. The van der Waals surface area contributed by atoms with E-state index in [0.717, 1.165) is 22.4 Å². The molecule has 33 heavy (non-hydrogen) atoms. The van der Waals surface area contributed by atoms with Gasteiger partial charge in [0.05, 0.1) is 11.3 Å². The summed E-state index contributed by atoms with van der Waals surface area (Å²) in [6.45, 7) is 4.00. The molecule has 0 aliphatic heterocycles. The van der Waals surface area contributed by atoms with Crippen LogP contribution in [0.3, 0.4) is 0 Å². The van der Waals surface area contributed by atoms with Crippen LogP contribution < -0.4 is 10.9 Å². The van der Waals surface area contributed by atoms with Gasteiger partial charge in [0.2, 0.25) is 0 Å². The molecule has 2 aromatic carbocycles. The SMILES string of the molecule is Cc1ccc(-c2csc(/C(C#N)=C/Nc3ccc4c(C(F)(F)F)cc(=O)oc4c3)n2)c(C)c1. The van der Waals surface area contributed by atoms with Crippen molar-refractivity contribution in [2.45, 2.75) is 20.0 Å². The number of hydrogen-bond acceptors (Lipinski definition) is 6. The van der Waals surface area contributed by atoms with Crippen LogP contribution in [-0.2, 0) is 6.18 Å². The average Bonchev–Trinajstić information content (AvgIpc) is 3.22. The van der Waals surface area contributed by atoms with Gasteiger partial charge in [-0.1, -0.05) is 23.8 Å². The topological polar surface area (TPSA) is 78.9 Å². The highest BCUT2D eigenvalue weighted by atomic mass is 32.1. The Morgan fingerprint density at radius 2 is 1.97 bits per heavy atom. The normalized spacial score (nSPS) is 12.1. The van der Waals surface area contributed by atoms with Crippen LogP contribution in [-0.4, -0.2) is 4.98 Å². The molecular formula is C24H16F3N3O2S. The summed E-state index contributed by atoms with van der Waals surface area (Å²) in [4.78, 5) is 16.1. The zero-order valence-electron chi connectivity index (χ0n) is 17.4. The van der Waals surface area contributed by atoms with Crippen molar-refractivity contribution in [3.63, 3.8) is 0 Å². The van der Waals surface area contributed by atoms with Crippen molar-refractivity contribution in [1.29, 1.82) is 5.26 Å². The van der Waals surface area contributed by atoms with Crippen LogP contribution in [0.2, 0.25) is 0 Å². The maximum Gasteiger partial charge on any atom is 0.417 e. The summed E-state index contributed by atoms with van der Waals surface area (Å²) < 4.78 is 44.6. The number of nitrogens with zero attached hydrogens (tertiary/aromatic N) is 2. The molecule has 0 atom stereocenters. The number of aromatic nitrogens is 1. The Balaban J connectivity index is 1.64. The monoisotopic (exact) mass is 467 g/mol. The summed E-state index contributed by atoms with van der Waals surface area (Å²) in [5.74, 6) is 0. The Bertz CT molecular complexity index is 1490. The lowest BCUT2D eigenvalue weighted by Crippen LogP contribution is -2.11. The highest BCUT2D eigenvalue weighted by Gasteiger charge is 2.33. The summed E-state index contributed by atoms with van der Waals surface area (Å²) in [7, 11) is 0. The fourth-order valence-corrected chi connectivity index (χ4v) is 4.19. The average molecular weight is 467 g/mol. The minimum absolute atomic E-state index is 0.210. The Kier molecular flexibility index (Phi) is 5.78. The fourth-order valence-electron chi connectivity index (χ4n) is 3.41. The number of alkyl halides is 3. The number of thiazole rings is 1. The van der Waals surface area contributed by atoms with E-state index in [1.54, 1.807) is 0 Å². The van der Waals surface area contributed by atoms with Gasteiger partial charge in [0, 0.05) is 40.3 Å². The molecule has 4 aromatic rings. The molecule has 2 heterocycles. The maximum atomic E-state index is 13.2. The first-order chi connectivity index (χ1) is 15.7. The molecule has 4 rings (SSSR count). The number of nitrogens with one attached hydrogen (secondary N) is 1. The van der Waals surface area contributed by atoms with Gasteiger partial charge in [-0.25, -0.2) is 9.78 Å². The van der Waals surface area contributed by atoms with E-state index in [1.165, 1.54) is 35.7 Å². The molecule has 1 N–H and O–H groups in total. The van der Waals surface area contributed by atoms with Gasteiger partial charge < -0.3 is 9.73 Å². The van der Waals surface area contributed by atoms with Crippen LogP contribution in [0.5, 0.6) is 0 Å². The van der Waals surface area contributed by atoms with Crippen LogP contribution in [0.1, 0.15) is 21.7 Å². The smallest absolute Gasteiger partial charge is 0.417 e. The second-order valence-corrected chi connectivity index (χ2v) is 8.22. The summed E-state index contributed by atoms with van der Waals surface area (Å²) in [5, 5.41) is 14.6. The number of allylic oxidation sites excluding steroid dienone is 1. The lowest BCUT2D eigenvalue weighted by Gasteiger charge is -2.10. The van der Waals surface area contributed by atoms with E-state index < -0.39 is 17.4 Å². The van der Waals surface area contributed by atoms with Gasteiger partial charge >= 0.3 is 11.8 Å². The van der Waals surface area contributed by atoms with Gasteiger partial charge in [0.15, 0.2) is 0 Å². The highest BCUT2D eigenvalue weighted by Crippen LogP contribution is 2.35. The van der Waals surface area contributed by atoms with Crippen LogP contribution in [0.25, 0.3) is 27.8 Å².